The van der Waals surface area contributed by atoms with Gasteiger partial charge in [0.2, 0.25) is 5.91 Å². The molecule has 6 heteroatoms. The van der Waals surface area contributed by atoms with E-state index in [1.54, 1.807) is 6.07 Å². The number of carbonyl (C=O) groups excluding carboxylic acids is 1. The third-order valence-electron chi connectivity index (χ3n) is 3.73. The molecule has 0 aliphatic heterocycles. The summed E-state index contributed by atoms with van der Waals surface area (Å²) in [5.74, 6) is 1.30. The molecule has 1 aliphatic rings. The van der Waals surface area contributed by atoms with Crippen molar-refractivity contribution in [2.45, 2.75) is 39.2 Å². The minimum absolute atomic E-state index is 0.0102. The van der Waals surface area contributed by atoms with E-state index < -0.39 is 0 Å². The Bertz CT molecular complexity index is 536. The van der Waals surface area contributed by atoms with Gasteiger partial charge >= 0.3 is 0 Å². The predicted molar refractivity (Wildman–Crippen MR) is 90.4 cm³/mol. The molecule has 1 aromatic rings. The zero-order chi connectivity index (χ0) is 16.1. The molecule has 0 radical (unpaired) electrons. The smallest absolute Gasteiger partial charge is 0.227 e. The number of halogens is 1. The molecule has 22 heavy (non-hydrogen) atoms. The predicted octanol–water partition coefficient (Wildman–Crippen LogP) is 3.31. The van der Waals surface area contributed by atoms with Gasteiger partial charge in [0, 0.05) is 28.6 Å². The van der Waals surface area contributed by atoms with Crippen LogP contribution in [0.25, 0.3) is 0 Å². The summed E-state index contributed by atoms with van der Waals surface area (Å²) in [6, 6.07) is 3.76. The highest BCUT2D eigenvalue weighted by molar-refractivity contribution is 9.10. The molecule has 1 fully saturated rings. The van der Waals surface area contributed by atoms with E-state index >= 15 is 0 Å². The molecular formula is C16H23BrN2O3. The lowest BCUT2D eigenvalue weighted by atomic mass is 10.1. The van der Waals surface area contributed by atoms with Gasteiger partial charge in [-0.15, -0.1) is 0 Å². The lowest BCUT2D eigenvalue weighted by molar-refractivity contribution is -0.119. The molecule has 2 atom stereocenters. The number of hydrogen-bond acceptors (Lipinski definition) is 4. The molecule has 0 saturated heterocycles. The van der Waals surface area contributed by atoms with Gasteiger partial charge in [0.25, 0.3) is 0 Å². The van der Waals surface area contributed by atoms with Crippen molar-refractivity contribution in [2.24, 2.45) is 11.7 Å². The first kappa shape index (κ1) is 17.1. The van der Waals surface area contributed by atoms with E-state index in [1.807, 2.05) is 19.9 Å². The Kier molecular flexibility index (Phi) is 6.08. The van der Waals surface area contributed by atoms with Crippen molar-refractivity contribution in [1.29, 1.82) is 0 Å². The van der Waals surface area contributed by atoms with Gasteiger partial charge < -0.3 is 20.5 Å². The van der Waals surface area contributed by atoms with Crippen molar-refractivity contribution in [3.05, 3.63) is 16.6 Å². The van der Waals surface area contributed by atoms with Crippen molar-refractivity contribution in [1.82, 2.24) is 0 Å². The number of rotatable bonds is 6. The standard InChI is InChI=1S/C16H23BrN2O3/c1-3-21-14-8-12(17)13(9-15(14)22-4-2)19-16(20)10-5-6-11(18)7-10/h8-11H,3-7,18H2,1-2H3,(H,19,20). The third-order valence-corrected chi connectivity index (χ3v) is 4.39. The largest absolute Gasteiger partial charge is 0.490 e. The molecule has 0 spiro atoms. The van der Waals surface area contributed by atoms with E-state index in [0.29, 0.717) is 30.4 Å². The minimum atomic E-state index is -0.0102. The van der Waals surface area contributed by atoms with Crippen molar-refractivity contribution < 1.29 is 14.3 Å². The number of nitrogens with one attached hydrogen (secondary N) is 1. The van der Waals surface area contributed by atoms with E-state index in [-0.39, 0.29) is 17.9 Å². The number of anilines is 1. The molecule has 3 N–H and O–H groups in total. The zero-order valence-corrected chi connectivity index (χ0v) is 14.6. The molecule has 2 unspecified atom stereocenters. The molecule has 2 rings (SSSR count). The van der Waals surface area contributed by atoms with Crippen LogP contribution in [0.4, 0.5) is 5.69 Å². The molecular weight excluding hydrogens is 348 g/mol. The van der Waals surface area contributed by atoms with E-state index in [9.17, 15) is 4.79 Å². The Balaban J connectivity index is 2.16. The van der Waals surface area contributed by atoms with Gasteiger partial charge in [-0.25, -0.2) is 0 Å². The van der Waals surface area contributed by atoms with Crippen molar-refractivity contribution >= 4 is 27.5 Å². The molecule has 1 aliphatic carbocycles. The van der Waals surface area contributed by atoms with Crippen LogP contribution in [0.15, 0.2) is 16.6 Å². The first-order chi connectivity index (χ1) is 10.5. The summed E-state index contributed by atoms with van der Waals surface area (Å²) in [5, 5.41) is 2.96. The third kappa shape index (κ3) is 4.14. The van der Waals surface area contributed by atoms with Gasteiger partial charge in [0.1, 0.15) is 0 Å². The van der Waals surface area contributed by atoms with Crippen LogP contribution in [0, 0.1) is 5.92 Å². The summed E-state index contributed by atoms with van der Waals surface area (Å²) in [7, 11) is 0. The van der Waals surface area contributed by atoms with Crippen LogP contribution in [0.5, 0.6) is 11.5 Å². The fourth-order valence-corrected chi connectivity index (χ4v) is 3.08. The Hall–Kier alpha value is -1.27. The summed E-state index contributed by atoms with van der Waals surface area (Å²) in [5.41, 5.74) is 6.57. The first-order valence-corrected chi connectivity index (χ1v) is 8.50. The van der Waals surface area contributed by atoms with Gasteiger partial charge in [-0.2, -0.15) is 0 Å². The lowest BCUT2D eigenvalue weighted by Crippen LogP contribution is -2.23. The van der Waals surface area contributed by atoms with E-state index in [1.165, 1.54) is 0 Å². The monoisotopic (exact) mass is 370 g/mol. The summed E-state index contributed by atoms with van der Waals surface area (Å²) in [6.45, 7) is 4.92. The van der Waals surface area contributed by atoms with Gasteiger partial charge in [0.05, 0.1) is 18.9 Å². The maximum Gasteiger partial charge on any atom is 0.227 e. The molecule has 0 aromatic heterocycles. The topological polar surface area (TPSA) is 73.6 Å². The molecule has 5 nitrogen and oxygen atoms in total. The molecule has 122 valence electrons. The van der Waals surface area contributed by atoms with Crippen LogP contribution in [0.3, 0.4) is 0 Å². The second kappa shape index (κ2) is 7.83. The summed E-state index contributed by atoms with van der Waals surface area (Å²) in [6.07, 6.45) is 2.51. The van der Waals surface area contributed by atoms with E-state index in [0.717, 1.165) is 23.7 Å². The van der Waals surface area contributed by atoms with Crippen LogP contribution in [-0.4, -0.2) is 25.2 Å². The van der Waals surface area contributed by atoms with Crippen molar-refractivity contribution in [3.8, 4) is 11.5 Å². The highest BCUT2D eigenvalue weighted by atomic mass is 79.9. The number of amides is 1. The maximum absolute atomic E-state index is 12.3. The van der Waals surface area contributed by atoms with Crippen molar-refractivity contribution in [2.75, 3.05) is 18.5 Å². The number of carbonyl (C=O) groups is 1. The second-order valence-electron chi connectivity index (χ2n) is 5.40. The van der Waals surface area contributed by atoms with Crippen molar-refractivity contribution in [3.63, 3.8) is 0 Å². The quantitative estimate of drug-likeness (QED) is 0.805. The van der Waals surface area contributed by atoms with Gasteiger partial charge in [-0.05, 0) is 49.0 Å². The Morgan fingerprint density at radius 3 is 2.45 bits per heavy atom. The maximum atomic E-state index is 12.3. The molecule has 0 bridgehead atoms. The summed E-state index contributed by atoms with van der Waals surface area (Å²) < 4.78 is 11.9. The fourth-order valence-electron chi connectivity index (χ4n) is 2.66. The van der Waals surface area contributed by atoms with Gasteiger partial charge in [-0.3, -0.25) is 4.79 Å². The highest BCUT2D eigenvalue weighted by Gasteiger charge is 2.28. The second-order valence-corrected chi connectivity index (χ2v) is 6.26. The molecule has 1 aromatic carbocycles. The molecule has 1 saturated carbocycles. The first-order valence-electron chi connectivity index (χ1n) is 7.70. The number of nitrogens with two attached hydrogens (primary N) is 1. The van der Waals surface area contributed by atoms with Crippen LogP contribution < -0.4 is 20.5 Å². The Labute approximate surface area is 139 Å². The van der Waals surface area contributed by atoms with Crippen LogP contribution >= 0.6 is 15.9 Å². The number of ether oxygens (including phenoxy) is 2. The van der Waals surface area contributed by atoms with Crippen LogP contribution in [-0.2, 0) is 4.79 Å². The lowest BCUT2D eigenvalue weighted by Gasteiger charge is -2.16. The van der Waals surface area contributed by atoms with E-state index in [4.69, 9.17) is 15.2 Å². The average molecular weight is 371 g/mol. The number of benzene rings is 1. The summed E-state index contributed by atoms with van der Waals surface area (Å²) >= 11 is 3.48. The Morgan fingerprint density at radius 1 is 1.27 bits per heavy atom. The molecule has 0 heterocycles. The van der Waals surface area contributed by atoms with Gasteiger partial charge in [0.15, 0.2) is 11.5 Å². The SMILES string of the molecule is CCOc1cc(Br)c(NC(=O)C2CCC(N)C2)cc1OCC. The summed E-state index contributed by atoms with van der Waals surface area (Å²) in [4.78, 5) is 12.3. The van der Waals surface area contributed by atoms with Crippen LogP contribution in [0.1, 0.15) is 33.1 Å². The zero-order valence-electron chi connectivity index (χ0n) is 13.0. The van der Waals surface area contributed by atoms with E-state index in [2.05, 4.69) is 21.2 Å². The molecule has 1 amide bonds. The van der Waals surface area contributed by atoms with Crippen LogP contribution in [0.2, 0.25) is 0 Å². The minimum Gasteiger partial charge on any atom is -0.490 e. The Morgan fingerprint density at radius 2 is 1.91 bits per heavy atom. The highest BCUT2D eigenvalue weighted by Crippen LogP contribution is 2.37. The normalized spacial score (nSPS) is 20.7. The average Bonchev–Trinajstić information content (AvgIpc) is 2.91. The fraction of sp³-hybridized carbons (Fsp3) is 0.562. The van der Waals surface area contributed by atoms with Gasteiger partial charge in [-0.1, -0.05) is 0 Å². The number of hydrogen-bond donors (Lipinski definition) is 2.